The van der Waals surface area contributed by atoms with Gasteiger partial charge in [0.05, 0.1) is 0 Å². The van der Waals surface area contributed by atoms with Gasteiger partial charge in [-0.15, -0.1) is 11.3 Å². The summed E-state index contributed by atoms with van der Waals surface area (Å²) in [6.07, 6.45) is 3.69. The molecule has 2 aliphatic rings. The van der Waals surface area contributed by atoms with E-state index in [0.717, 1.165) is 20.2 Å². The lowest BCUT2D eigenvalue weighted by Crippen LogP contribution is -2.52. The fourth-order valence-electron chi connectivity index (χ4n) is 3.71. The SMILES string of the molecule is O=C(/C=C/c1ccc(-c2cccc(Cl)c2)s1)N1CCN(C(=O)CN2C(=O)CCC2=O)CC1. The number of likely N-dealkylation sites (tertiary alicyclic amines) is 1. The van der Waals surface area contributed by atoms with Crippen molar-refractivity contribution in [2.45, 2.75) is 12.8 Å². The fraction of sp³-hybridized carbons (Fsp3) is 0.304. The Morgan fingerprint density at radius 1 is 0.969 bits per heavy atom. The second-order valence-electron chi connectivity index (χ2n) is 7.63. The molecule has 4 rings (SSSR count). The predicted octanol–water partition coefficient (Wildman–Crippen LogP) is 2.90. The van der Waals surface area contributed by atoms with E-state index in [1.807, 2.05) is 36.4 Å². The Bertz CT molecular complexity index is 1070. The lowest BCUT2D eigenvalue weighted by Gasteiger charge is -2.34. The molecule has 0 spiro atoms. The highest BCUT2D eigenvalue weighted by Gasteiger charge is 2.32. The number of benzene rings is 1. The Morgan fingerprint density at radius 2 is 1.66 bits per heavy atom. The predicted molar refractivity (Wildman–Crippen MR) is 123 cm³/mol. The highest BCUT2D eigenvalue weighted by Crippen LogP contribution is 2.30. The van der Waals surface area contributed by atoms with Crippen LogP contribution in [0.1, 0.15) is 17.7 Å². The van der Waals surface area contributed by atoms with Gasteiger partial charge >= 0.3 is 0 Å². The summed E-state index contributed by atoms with van der Waals surface area (Å²) in [6, 6.07) is 11.6. The maximum absolute atomic E-state index is 12.6. The van der Waals surface area contributed by atoms with Gasteiger partial charge in [-0.05, 0) is 35.9 Å². The Kier molecular flexibility index (Phi) is 6.72. The van der Waals surface area contributed by atoms with Crippen LogP contribution in [0.15, 0.2) is 42.5 Å². The van der Waals surface area contributed by atoms with Gasteiger partial charge in [0, 0.05) is 59.9 Å². The maximum atomic E-state index is 12.6. The van der Waals surface area contributed by atoms with Crippen LogP contribution in [0.4, 0.5) is 0 Å². The summed E-state index contributed by atoms with van der Waals surface area (Å²) in [5, 5.41) is 0.680. The van der Waals surface area contributed by atoms with Gasteiger partial charge in [-0.2, -0.15) is 0 Å². The number of amides is 4. The number of carbonyl (C=O) groups is 4. The molecule has 1 aromatic heterocycles. The Balaban J connectivity index is 1.28. The van der Waals surface area contributed by atoms with Crippen molar-refractivity contribution in [2.75, 3.05) is 32.7 Å². The van der Waals surface area contributed by atoms with E-state index in [2.05, 4.69) is 0 Å². The number of hydrogen-bond acceptors (Lipinski definition) is 5. The van der Waals surface area contributed by atoms with E-state index in [1.54, 1.807) is 33.3 Å². The molecule has 0 unspecified atom stereocenters. The average molecular weight is 472 g/mol. The molecular weight excluding hydrogens is 450 g/mol. The highest BCUT2D eigenvalue weighted by molar-refractivity contribution is 7.16. The summed E-state index contributed by atoms with van der Waals surface area (Å²) in [6.45, 7) is 1.38. The van der Waals surface area contributed by atoms with Gasteiger partial charge < -0.3 is 9.80 Å². The van der Waals surface area contributed by atoms with Crippen molar-refractivity contribution in [3.8, 4) is 10.4 Å². The Hall–Kier alpha value is -2.97. The normalized spacial score (nSPS) is 17.0. The van der Waals surface area contributed by atoms with Crippen LogP contribution in [0.25, 0.3) is 16.5 Å². The molecule has 0 bridgehead atoms. The zero-order valence-corrected chi connectivity index (χ0v) is 18.9. The number of carbonyl (C=O) groups excluding carboxylic acids is 4. The molecule has 32 heavy (non-hydrogen) atoms. The van der Waals surface area contributed by atoms with E-state index in [0.29, 0.717) is 31.2 Å². The molecule has 166 valence electrons. The molecule has 0 aliphatic carbocycles. The monoisotopic (exact) mass is 471 g/mol. The van der Waals surface area contributed by atoms with E-state index >= 15 is 0 Å². The minimum absolute atomic E-state index is 0.111. The van der Waals surface area contributed by atoms with Crippen molar-refractivity contribution in [3.05, 3.63) is 52.4 Å². The average Bonchev–Trinajstić information content (AvgIpc) is 3.40. The van der Waals surface area contributed by atoms with Crippen molar-refractivity contribution < 1.29 is 19.2 Å². The van der Waals surface area contributed by atoms with Crippen LogP contribution in [-0.2, 0) is 19.2 Å². The summed E-state index contributed by atoms with van der Waals surface area (Å²) in [5.74, 6) is -0.966. The number of piperazine rings is 1. The van der Waals surface area contributed by atoms with Gasteiger partial charge in [0.2, 0.25) is 23.6 Å². The summed E-state index contributed by atoms with van der Waals surface area (Å²) in [5.41, 5.74) is 1.03. The van der Waals surface area contributed by atoms with Crippen LogP contribution in [0.3, 0.4) is 0 Å². The first-order valence-electron chi connectivity index (χ1n) is 10.3. The molecule has 0 radical (unpaired) electrons. The summed E-state index contributed by atoms with van der Waals surface area (Å²) in [7, 11) is 0. The summed E-state index contributed by atoms with van der Waals surface area (Å²) in [4.78, 5) is 54.7. The molecule has 9 heteroatoms. The number of imide groups is 1. The molecule has 0 atom stereocenters. The number of hydrogen-bond donors (Lipinski definition) is 0. The van der Waals surface area contributed by atoms with Crippen LogP contribution in [0.2, 0.25) is 5.02 Å². The van der Waals surface area contributed by atoms with Crippen molar-refractivity contribution in [1.29, 1.82) is 0 Å². The molecule has 2 saturated heterocycles. The fourth-order valence-corrected chi connectivity index (χ4v) is 4.81. The largest absolute Gasteiger partial charge is 0.338 e. The van der Waals surface area contributed by atoms with E-state index in [-0.39, 0.29) is 43.0 Å². The first-order chi connectivity index (χ1) is 15.4. The second-order valence-corrected chi connectivity index (χ2v) is 9.18. The standard InChI is InChI=1S/C23H22ClN3O4S/c24-17-3-1-2-16(14-17)19-6-4-18(32-19)5-7-20(28)25-10-12-26(13-11-25)23(31)15-27-21(29)8-9-22(27)30/h1-7,14H,8-13,15H2/b7-5+. The zero-order chi connectivity index (χ0) is 22.7. The molecular formula is C23H22ClN3O4S. The van der Waals surface area contributed by atoms with Crippen LogP contribution < -0.4 is 0 Å². The third kappa shape index (κ3) is 5.08. The molecule has 2 aromatic rings. The van der Waals surface area contributed by atoms with Gasteiger partial charge in [-0.1, -0.05) is 23.7 Å². The lowest BCUT2D eigenvalue weighted by molar-refractivity contribution is -0.146. The van der Waals surface area contributed by atoms with Gasteiger partial charge in [-0.3, -0.25) is 24.1 Å². The van der Waals surface area contributed by atoms with Crippen LogP contribution in [0.5, 0.6) is 0 Å². The first-order valence-corrected chi connectivity index (χ1v) is 11.5. The molecule has 4 amide bonds. The summed E-state index contributed by atoms with van der Waals surface area (Å²) < 4.78 is 0. The van der Waals surface area contributed by atoms with Crippen LogP contribution >= 0.6 is 22.9 Å². The topological polar surface area (TPSA) is 78.0 Å². The van der Waals surface area contributed by atoms with E-state index in [9.17, 15) is 19.2 Å². The van der Waals surface area contributed by atoms with Crippen molar-refractivity contribution >= 4 is 52.6 Å². The number of rotatable bonds is 5. The molecule has 0 saturated carbocycles. The van der Waals surface area contributed by atoms with Crippen LogP contribution in [0, 0.1) is 0 Å². The zero-order valence-electron chi connectivity index (χ0n) is 17.3. The van der Waals surface area contributed by atoms with E-state index in [1.165, 1.54) is 0 Å². The Labute approximate surface area is 194 Å². The minimum atomic E-state index is -0.297. The molecule has 2 aliphatic heterocycles. The van der Waals surface area contributed by atoms with Gasteiger partial charge in [0.1, 0.15) is 6.54 Å². The third-order valence-corrected chi connectivity index (χ3v) is 6.85. The second kappa shape index (κ2) is 9.67. The van der Waals surface area contributed by atoms with Crippen molar-refractivity contribution in [1.82, 2.24) is 14.7 Å². The minimum Gasteiger partial charge on any atom is -0.338 e. The molecule has 0 N–H and O–H groups in total. The van der Waals surface area contributed by atoms with E-state index in [4.69, 9.17) is 11.6 Å². The third-order valence-electron chi connectivity index (χ3n) is 5.52. The van der Waals surface area contributed by atoms with Gasteiger partial charge in [0.25, 0.3) is 0 Å². The highest BCUT2D eigenvalue weighted by atomic mass is 35.5. The van der Waals surface area contributed by atoms with Gasteiger partial charge in [-0.25, -0.2) is 0 Å². The molecule has 3 heterocycles. The molecule has 2 fully saturated rings. The molecule has 1 aromatic carbocycles. The van der Waals surface area contributed by atoms with Crippen molar-refractivity contribution in [2.24, 2.45) is 0 Å². The van der Waals surface area contributed by atoms with Crippen molar-refractivity contribution in [3.63, 3.8) is 0 Å². The van der Waals surface area contributed by atoms with E-state index < -0.39 is 0 Å². The maximum Gasteiger partial charge on any atom is 0.246 e. The lowest BCUT2D eigenvalue weighted by atomic mass is 10.2. The number of thiophene rings is 1. The summed E-state index contributed by atoms with van der Waals surface area (Å²) >= 11 is 7.63. The number of halogens is 1. The number of nitrogens with zero attached hydrogens (tertiary/aromatic N) is 3. The van der Waals surface area contributed by atoms with Crippen LogP contribution in [-0.4, -0.2) is 71.1 Å². The Morgan fingerprint density at radius 3 is 2.34 bits per heavy atom. The molecule has 7 nitrogen and oxygen atoms in total. The quantitative estimate of drug-likeness (QED) is 0.496. The smallest absolute Gasteiger partial charge is 0.246 e. The first kappa shape index (κ1) is 22.2. The van der Waals surface area contributed by atoms with Gasteiger partial charge in [0.15, 0.2) is 0 Å².